The lowest BCUT2D eigenvalue weighted by Gasteiger charge is -2.34. The minimum atomic E-state index is -0.377. The molecule has 0 fully saturated rings. The Balaban J connectivity index is 1.55. The summed E-state index contributed by atoms with van der Waals surface area (Å²) < 4.78 is 0. The quantitative estimate of drug-likeness (QED) is 0.208. The largest absolute Gasteiger partial charge is 0.353 e. The predicted octanol–water partition coefficient (Wildman–Crippen LogP) is 8.12. The van der Waals surface area contributed by atoms with Crippen LogP contribution in [0.15, 0.2) is 59.4 Å². The van der Waals surface area contributed by atoms with Gasteiger partial charge in [-0.3, -0.25) is 5.32 Å². The summed E-state index contributed by atoms with van der Waals surface area (Å²) in [5, 5.41) is 13.4. The molecule has 4 heteroatoms. The summed E-state index contributed by atoms with van der Waals surface area (Å²) in [6.07, 6.45) is 20.8. The Hall–Kier alpha value is -2.33. The topological polar surface area (TPSA) is 48.5 Å². The van der Waals surface area contributed by atoms with Gasteiger partial charge in [-0.1, -0.05) is 114 Å². The van der Waals surface area contributed by atoms with Crippen molar-refractivity contribution in [2.75, 3.05) is 11.9 Å². The van der Waals surface area contributed by atoms with Crippen molar-refractivity contribution in [3.8, 4) is 0 Å². The predicted molar refractivity (Wildman–Crippen MR) is 149 cm³/mol. The van der Waals surface area contributed by atoms with Crippen molar-refractivity contribution in [2.24, 2.45) is 4.99 Å². The van der Waals surface area contributed by atoms with Gasteiger partial charge in [0, 0.05) is 23.7 Å². The highest BCUT2D eigenvalue weighted by Crippen LogP contribution is 2.25. The van der Waals surface area contributed by atoms with Crippen LogP contribution in [0.4, 0.5) is 5.69 Å². The van der Waals surface area contributed by atoms with E-state index in [1.807, 2.05) is 6.21 Å². The molecule has 0 saturated heterocycles. The molecule has 186 valence electrons. The lowest BCUT2D eigenvalue weighted by molar-refractivity contribution is 0.264. The van der Waals surface area contributed by atoms with E-state index in [1.54, 1.807) is 0 Å². The lowest BCUT2D eigenvalue weighted by atomic mass is 10.0. The summed E-state index contributed by atoms with van der Waals surface area (Å²) in [4.78, 5) is 5.02. The fraction of sp³-hybridized carbons (Fsp3) is 0.567. The maximum absolute atomic E-state index is 5.02. The van der Waals surface area contributed by atoms with E-state index in [-0.39, 0.29) is 5.79 Å². The van der Waals surface area contributed by atoms with E-state index in [0.717, 1.165) is 24.4 Å². The van der Waals surface area contributed by atoms with E-state index in [2.05, 4.69) is 78.5 Å². The fourth-order valence-corrected chi connectivity index (χ4v) is 4.69. The second-order valence-electron chi connectivity index (χ2n) is 9.73. The zero-order valence-corrected chi connectivity index (χ0v) is 21.5. The third-order valence-electron chi connectivity index (χ3n) is 6.80. The number of hydrogen-bond donors (Lipinski definition) is 3. The molecule has 1 aliphatic rings. The van der Waals surface area contributed by atoms with Gasteiger partial charge < -0.3 is 10.6 Å². The molecular formula is C30H46N4. The van der Waals surface area contributed by atoms with Crippen molar-refractivity contribution in [3.05, 3.63) is 54.4 Å². The van der Waals surface area contributed by atoms with Crippen molar-refractivity contribution in [1.82, 2.24) is 10.6 Å². The van der Waals surface area contributed by atoms with Gasteiger partial charge in [0.2, 0.25) is 0 Å². The highest BCUT2D eigenvalue weighted by molar-refractivity contribution is 5.97. The first-order valence-corrected chi connectivity index (χ1v) is 13.8. The van der Waals surface area contributed by atoms with Crippen LogP contribution >= 0.6 is 0 Å². The third kappa shape index (κ3) is 8.47. The van der Waals surface area contributed by atoms with Crippen LogP contribution in [0, 0.1) is 0 Å². The molecule has 1 atom stereocenters. The molecule has 1 heterocycles. The maximum atomic E-state index is 5.02. The van der Waals surface area contributed by atoms with Crippen LogP contribution < -0.4 is 16.0 Å². The first-order chi connectivity index (χ1) is 16.8. The maximum Gasteiger partial charge on any atom is 0.184 e. The SMILES string of the molecule is CCCCCCCCNC1(CCCCCCCC)N=CC(Nc2cccc3ccccc23)=CN1. The minimum absolute atomic E-state index is 0.377. The smallest absolute Gasteiger partial charge is 0.184 e. The highest BCUT2D eigenvalue weighted by Gasteiger charge is 2.28. The number of hydrogen-bond acceptors (Lipinski definition) is 4. The number of nitrogens with zero attached hydrogens (tertiary/aromatic N) is 1. The molecule has 34 heavy (non-hydrogen) atoms. The van der Waals surface area contributed by atoms with E-state index in [9.17, 15) is 0 Å². The van der Waals surface area contributed by atoms with Crippen molar-refractivity contribution in [1.29, 1.82) is 0 Å². The van der Waals surface area contributed by atoms with Gasteiger partial charge >= 0.3 is 0 Å². The van der Waals surface area contributed by atoms with Crippen molar-refractivity contribution >= 4 is 22.7 Å². The molecule has 2 aromatic rings. The first-order valence-electron chi connectivity index (χ1n) is 13.8. The Bertz CT molecular complexity index is 898. The van der Waals surface area contributed by atoms with Crippen LogP contribution in [0.25, 0.3) is 10.8 Å². The van der Waals surface area contributed by atoms with E-state index in [1.165, 1.54) is 87.8 Å². The van der Waals surface area contributed by atoms with Crippen LogP contribution in [0.5, 0.6) is 0 Å². The van der Waals surface area contributed by atoms with Gasteiger partial charge in [0.05, 0.1) is 11.9 Å². The standard InChI is InChI=1S/C30H46N4/c1-3-5-7-9-11-15-22-30(31-23-16-12-10-8-6-4-2)32-24-27(25-33-30)34-29-21-17-19-26-18-13-14-20-28(26)29/h13-14,17-21,24-25,31-32,34H,3-12,15-16,22-23H2,1-2H3. The number of allylic oxidation sites excluding steroid dienone is 1. The Morgan fingerprint density at radius 3 is 2.18 bits per heavy atom. The molecule has 0 aliphatic carbocycles. The number of fused-ring (bicyclic) bond motifs is 1. The summed E-state index contributed by atoms with van der Waals surface area (Å²) in [6, 6.07) is 14.9. The van der Waals surface area contributed by atoms with Gasteiger partial charge in [-0.05, 0) is 30.8 Å². The van der Waals surface area contributed by atoms with Crippen molar-refractivity contribution in [3.63, 3.8) is 0 Å². The molecule has 0 amide bonds. The van der Waals surface area contributed by atoms with Gasteiger partial charge in [-0.2, -0.15) is 0 Å². The molecule has 4 nitrogen and oxygen atoms in total. The van der Waals surface area contributed by atoms with Gasteiger partial charge in [-0.15, -0.1) is 0 Å². The molecule has 0 spiro atoms. The molecule has 1 unspecified atom stereocenters. The second-order valence-corrected chi connectivity index (χ2v) is 9.73. The average Bonchev–Trinajstić information content (AvgIpc) is 2.87. The van der Waals surface area contributed by atoms with Crippen LogP contribution in [-0.2, 0) is 0 Å². The molecular weight excluding hydrogens is 416 g/mol. The van der Waals surface area contributed by atoms with Gasteiger partial charge in [-0.25, -0.2) is 4.99 Å². The average molecular weight is 463 g/mol. The second kappa shape index (κ2) is 14.8. The molecule has 1 aliphatic heterocycles. The molecule has 3 rings (SSSR count). The summed E-state index contributed by atoms with van der Waals surface area (Å²) in [5.74, 6) is -0.377. The van der Waals surface area contributed by atoms with Crippen LogP contribution in [0.2, 0.25) is 0 Å². The number of unbranched alkanes of at least 4 members (excludes halogenated alkanes) is 10. The van der Waals surface area contributed by atoms with Crippen LogP contribution in [0.1, 0.15) is 97.3 Å². The monoisotopic (exact) mass is 462 g/mol. The Morgan fingerprint density at radius 2 is 1.44 bits per heavy atom. The summed E-state index contributed by atoms with van der Waals surface area (Å²) >= 11 is 0. The summed E-state index contributed by atoms with van der Waals surface area (Å²) in [7, 11) is 0. The number of benzene rings is 2. The molecule has 0 radical (unpaired) electrons. The zero-order valence-electron chi connectivity index (χ0n) is 21.5. The van der Waals surface area contributed by atoms with Gasteiger partial charge in [0.1, 0.15) is 0 Å². The number of aliphatic imine (C=N–C) groups is 1. The third-order valence-corrected chi connectivity index (χ3v) is 6.80. The molecule has 2 aromatic carbocycles. The van der Waals surface area contributed by atoms with Crippen LogP contribution in [-0.4, -0.2) is 18.5 Å². The highest BCUT2D eigenvalue weighted by atomic mass is 15.3. The minimum Gasteiger partial charge on any atom is -0.353 e. The zero-order chi connectivity index (χ0) is 23.9. The van der Waals surface area contributed by atoms with E-state index in [4.69, 9.17) is 4.99 Å². The van der Waals surface area contributed by atoms with E-state index >= 15 is 0 Å². The number of nitrogens with one attached hydrogen (secondary N) is 3. The van der Waals surface area contributed by atoms with Crippen LogP contribution in [0.3, 0.4) is 0 Å². The Morgan fingerprint density at radius 1 is 0.765 bits per heavy atom. The van der Waals surface area contributed by atoms with Crippen molar-refractivity contribution in [2.45, 2.75) is 103 Å². The summed E-state index contributed by atoms with van der Waals surface area (Å²) in [5.41, 5.74) is 2.11. The van der Waals surface area contributed by atoms with E-state index in [0.29, 0.717) is 0 Å². The first kappa shape index (κ1) is 26.3. The normalized spacial score (nSPS) is 17.5. The molecule has 3 N–H and O–H groups in total. The Kier molecular flexibility index (Phi) is 11.5. The van der Waals surface area contributed by atoms with Gasteiger partial charge in [0.15, 0.2) is 5.79 Å². The number of rotatable bonds is 17. The number of anilines is 1. The van der Waals surface area contributed by atoms with E-state index < -0.39 is 0 Å². The van der Waals surface area contributed by atoms with Crippen molar-refractivity contribution < 1.29 is 0 Å². The fourth-order valence-electron chi connectivity index (χ4n) is 4.69. The molecule has 0 bridgehead atoms. The molecule has 0 aromatic heterocycles. The molecule has 0 saturated carbocycles. The summed E-state index contributed by atoms with van der Waals surface area (Å²) in [6.45, 7) is 5.56. The Labute approximate surface area is 207 Å². The lowest BCUT2D eigenvalue weighted by Crippen LogP contribution is -2.55. The van der Waals surface area contributed by atoms with Gasteiger partial charge in [0.25, 0.3) is 0 Å².